The Kier molecular flexibility index (Phi) is 5.61. The maximum absolute atomic E-state index is 13.1. The van der Waals surface area contributed by atoms with Gasteiger partial charge in [0.25, 0.3) is 5.91 Å². The first kappa shape index (κ1) is 18.3. The number of anilines is 1. The Morgan fingerprint density at radius 2 is 1.85 bits per heavy atom. The molecule has 0 bridgehead atoms. The van der Waals surface area contributed by atoms with Crippen molar-refractivity contribution in [2.24, 2.45) is 0 Å². The molecule has 27 heavy (non-hydrogen) atoms. The van der Waals surface area contributed by atoms with Crippen LogP contribution in [0.25, 0.3) is 11.3 Å². The highest BCUT2D eigenvalue weighted by Gasteiger charge is 2.16. The maximum atomic E-state index is 13.1. The van der Waals surface area contributed by atoms with Gasteiger partial charge in [0.05, 0.1) is 24.0 Å². The van der Waals surface area contributed by atoms with Crippen molar-refractivity contribution >= 4 is 17.5 Å². The fraction of sp³-hybridized carbons (Fsp3) is 0.150. The van der Waals surface area contributed by atoms with E-state index in [2.05, 4.69) is 20.8 Å². The van der Waals surface area contributed by atoms with Crippen LogP contribution in [0.1, 0.15) is 22.8 Å². The monoisotopic (exact) mass is 366 g/mol. The van der Waals surface area contributed by atoms with Crippen molar-refractivity contribution in [1.29, 1.82) is 0 Å². The van der Waals surface area contributed by atoms with E-state index >= 15 is 0 Å². The average molecular weight is 366 g/mol. The normalized spacial score (nSPS) is 10.4. The van der Waals surface area contributed by atoms with Crippen molar-refractivity contribution < 1.29 is 14.0 Å². The first-order chi connectivity index (χ1) is 13.1. The molecule has 2 aromatic carbocycles. The highest BCUT2D eigenvalue weighted by Crippen LogP contribution is 2.21. The van der Waals surface area contributed by atoms with E-state index in [1.807, 2.05) is 31.2 Å². The third kappa shape index (κ3) is 4.38. The van der Waals surface area contributed by atoms with Crippen molar-refractivity contribution in [3.63, 3.8) is 0 Å². The van der Waals surface area contributed by atoms with E-state index in [1.54, 1.807) is 12.1 Å². The van der Waals surface area contributed by atoms with Gasteiger partial charge in [-0.2, -0.15) is 5.10 Å². The SMILES string of the molecule is CCc1ccccc1NC(=O)CNC(=O)c1cn[nH]c1-c1ccc(F)cc1. The van der Waals surface area contributed by atoms with Gasteiger partial charge in [0.2, 0.25) is 5.91 Å². The van der Waals surface area contributed by atoms with E-state index < -0.39 is 5.91 Å². The number of nitrogens with zero attached hydrogens (tertiary/aromatic N) is 1. The molecule has 0 radical (unpaired) electrons. The number of rotatable bonds is 6. The van der Waals surface area contributed by atoms with Gasteiger partial charge in [0, 0.05) is 11.3 Å². The summed E-state index contributed by atoms with van der Waals surface area (Å²) in [7, 11) is 0. The highest BCUT2D eigenvalue weighted by molar-refractivity contribution is 6.02. The average Bonchev–Trinajstić information content (AvgIpc) is 3.17. The number of aryl methyl sites for hydroxylation is 1. The standard InChI is InChI=1S/C20H19FN4O2/c1-2-13-5-3-4-6-17(13)24-18(26)12-22-20(27)16-11-23-25-19(16)14-7-9-15(21)10-8-14/h3-11H,2,12H2,1H3,(H,22,27)(H,23,25)(H,24,26). The van der Waals surface area contributed by atoms with Gasteiger partial charge in [-0.25, -0.2) is 4.39 Å². The van der Waals surface area contributed by atoms with E-state index in [4.69, 9.17) is 0 Å². The largest absolute Gasteiger partial charge is 0.343 e. The molecule has 6 nitrogen and oxygen atoms in total. The fourth-order valence-corrected chi connectivity index (χ4v) is 2.70. The Balaban J connectivity index is 1.64. The van der Waals surface area contributed by atoms with Gasteiger partial charge in [-0.1, -0.05) is 25.1 Å². The number of para-hydroxylation sites is 1. The molecule has 0 saturated carbocycles. The van der Waals surface area contributed by atoms with Crippen LogP contribution >= 0.6 is 0 Å². The lowest BCUT2D eigenvalue weighted by Gasteiger charge is -2.10. The van der Waals surface area contributed by atoms with Crippen LogP contribution in [0.3, 0.4) is 0 Å². The minimum absolute atomic E-state index is 0.176. The summed E-state index contributed by atoms with van der Waals surface area (Å²) in [6, 6.07) is 13.2. The molecular weight excluding hydrogens is 347 g/mol. The smallest absolute Gasteiger partial charge is 0.255 e. The van der Waals surface area contributed by atoms with E-state index in [-0.39, 0.29) is 23.8 Å². The number of aromatic nitrogens is 2. The number of halogens is 1. The number of hydrogen-bond acceptors (Lipinski definition) is 3. The van der Waals surface area contributed by atoms with Crippen LogP contribution in [-0.4, -0.2) is 28.6 Å². The Morgan fingerprint density at radius 3 is 2.59 bits per heavy atom. The molecule has 3 aromatic rings. The minimum atomic E-state index is -0.443. The second kappa shape index (κ2) is 8.27. The lowest BCUT2D eigenvalue weighted by Crippen LogP contribution is -2.33. The van der Waals surface area contributed by atoms with E-state index in [9.17, 15) is 14.0 Å². The Hall–Kier alpha value is -3.48. The summed E-state index contributed by atoms with van der Waals surface area (Å²) in [5.74, 6) is -1.13. The van der Waals surface area contributed by atoms with Crippen molar-refractivity contribution in [2.75, 3.05) is 11.9 Å². The second-order valence-corrected chi connectivity index (χ2v) is 5.91. The number of carbonyl (C=O) groups is 2. The summed E-state index contributed by atoms with van der Waals surface area (Å²) in [5.41, 5.74) is 3.12. The molecule has 0 aliphatic heterocycles. The lowest BCUT2D eigenvalue weighted by atomic mass is 10.1. The second-order valence-electron chi connectivity index (χ2n) is 5.91. The molecule has 0 aliphatic rings. The van der Waals surface area contributed by atoms with Crippen LogP contribution in [-0.2, 0) is 11.2 Å². The van der Waals surface area contributed by atoms with Gasteiger partial charge < -0.3 is 10.6 Å². The van der Waals surface area contributed by atoms with Gasteiger partial charge >= 0.3 is 0 Å². The summed E-state index contributed by atoms with van der Waals surface area (Å²) in [5, 5.41) is 12.0. The Morgan fingerprint density at radius 1 is 1.11 bits per heavy atom. The third-order valence-corrected chi connectivity index (χ3v) is 4.10. The number of hydrogen-bond donors (Lipinski definition) is 3. The van der Waals surface area contributed by atoms with Crippen molar-refractivity contribution in [3.8, 4) is 11.3 Å². The van der Waals surface area contributed by atoms with Crippen LogP contribution in [0.2, 0.25) is 0 Å². The lowest BCUT2D eigenvalue weighted by molar-refractivity contribution is -0.115. The molecule has 2 amide bonds. The summed E-state index contributed by atoms with van der Waals surface area (Å²) in [6.07, 6.45) is 2.16. The van der Waals surface area contributed by atoms with Crippen LogP contribution in [0.4, 0.5) is 10.1 Å². The first-order valence-electron chi connectivity index (χ1n) is 8.53. The summed E-state index contributed by atoms with van der Waals surface area (Å²) in [6.45, 7) is 1.83. The molecule has 0 saturated heterocycles. The highest BCUT2D eigenvalue weighted by atomic mass is 19.1. The number of amides is 2. The predicted octanol–water partition coefficient (Wildman–Crippen LogP) is 3.15. The Labute approximate surface area is 155 Å². The summed E-state index contributed by atoms with van der Waals surface area (Å²) >= 11 is 0. The van der Waals surface area contributed by atoms with Crippen LogP contribution in [0.15, 0.2) is 54.7 Å². The predicted molar refractivity (Wildman–Crippen MR) is 101 cm³/mol. The van der Waals surface area contributed by atoms with Crippen LogP contribution in [0, 0.1) is 5.82 Å². The number of aromatic amines is 1. The molecule has 0 spiro atoms. The number of H-pyrrole nitrogens is 1. The van der Waals surface area contributed by atoms with E-state index in [1.165, 1.54) is 18.3 Å². The molecule has 7 heteroatoms. The summed E-state index contributed by atoms with van der Waals surface area (Å²) in [4.78, 5) is 24.6. The van der Waals surface area contributed by atoms with Crippen molar-refractivity contribution in [3.05, 3.63) is 71.7 Å². The van der Waals surface area contributed by atoms with Gasteiger partial charge in [0.15, 0.2) is 0 Å². The first-order valence-corrected chi connectivity index (χ1v) is 8.53. The topological polar surface area (TPSA) is 86.9 Å². The molecule has 1 aromatic heterocycles. The number of carbonyl (C=O) groups excluding carboxylic acids is 2. The third-order valence-electron chi connectivity index (χ3n) is 4.10. The molecular formula is C20H19FN4O2. The molecule has 1 heterocycles. The van der Waals surface area contributed by atoms with Crippen LogP contribution in [0.5, 0.6) is 0 Å². The molecule has 0 unspecified atom stereocenters. The quantitative estimate of drug-likeness (QED) is 0.626. The fourth-order valence-electron chi connectivity index (χ4n) is 2.70. The van der Waals surface area contributed by atoms with Crippen molar-refractivity contribution in [1.82, 2.24) is 15.5 Å². The molecule has 0 fully saturated rings. The molecule has 3 N–H and O–H groups in total. The number of benzene rings is 2. The van der Waals surface area contributed by atoms with Crippen molar-refractivity contribution in [2.45, 2.75) is 13.3 Å². The zero-order valence-electron chi connectivity index (χ0n) is 14.8. The van der Waals surface area contributed by atoms with E-state index in [0.29, 0.717) is 11.3 Å². The van der Waals surface area contributed by atoms with Gasteiger partial charge in [-0.15, -0.1) is 0 Å². The zero-order chi connectivity index (χ0) is 19.2. The van der Waals surface area contributed by atoms with Crippen LogP contribution < -0.4 is 10.6 Å². The number of nitrogens with one attached hydrogen (secondary N) is 3. The van der Waals surface area contributed by atoms with Gasteiger partial charge in [0.1, 0.15) is 5.82 Å². The molecule has 3 rings (SSSR count). The minimum Gasteiger partial charge on any atom is -0.343 e. The molecule has 138 valence electrons. The van der Waals surface area contributed by atoms with Gasteiger partial charge in [-0.05, 0) is 42.3 Å². The Bertz CT molecular complexity index is 951. The molecule has 0 aliphatic carbocycles. The molecule has 0 atom stereocenters. The maximum Gasteiger partial charge on any atom is 0.255 e. The summed E-state index contributed by atoms with van der Waals surface area (Å²) < 4.78 is 13.1. The van der Waals surface area contributed by atoms with E-state index in [0.717, 1.165) is 17.7 Å². The zero-order valence-corrected chi connectivity index (χ0v) is 14.8. The van der Waals surface area contributed by atoms with Gasteiger partial charge in [-0.3, -0.25) is 14.7 Å².